The maximum Gasteiger partial charge on any atom is 0.498 e. The summed E-state index contributed by atoms with van der Waals surface area (Å²) in [4.78, 5) is 14.6. The van der Waals surface area contributed by atoms with E-state index in [9.17, 15) is 4.79 Å². The van der Waals surface area contributed by atoms with Crippen molar-refractivity contribution in [3.05, 3.63) is 22.8 Å². The lowest BCUT2D eigenvalue weighted by Gasteiger charge is -2.32. The van der Waals surface area contributed by atoms with Crippen molar-refractivity contribution in [3.8, 4) is 0 Å². The predicted molar refractivity (Wildman–Crippen MR) is 105 cm³/mol. The lowest BCUT2D eigenvalue weighted by Crippen LogP contribution is -2.41. The summed E-state index contributed by atoms with van der Waals surface area (Å²) in [5.74, 6) is 0. The Morgan fingerprint density at radius 1 is 1.39 bits per heavy atom. The summed E-state index contributed by atoms with van der Waals surface area (Å²) in [6.45, 7) is 13.7. The minimum atomic E-state index is -0.599. The second kappa shape index (κ2) is 8.02. The van der Waals surface area contributed by atoms with Crippen LogP contribution in [0.25, 0.3) is 10.4 Å². The fraction of sp³-hybridized carbons (Fsp3) is 0.765. The molecule has 1 aromatic heterocycles. The van der Waals surface area contributed by atoms with Gasteiger partial charge in [-0.3, -0.25) is 4.68 Å². The summed E-state index contributed by atoms with van der Waals surface area (Å²) in [5.41, 5.74) is 8.10. The van der Waals surface area contributed by atoms with Gasteiger partial charge in [0.1, 0.15) is 5.60 Å². The highest BCUT2D eigenvalue weighted by Crippen LogP contribution is 2.36. The van der Waals surface area contributed by atoms with Crippen molar-refractivity contribution in [1.29, 1.82) is 0 Å². The molecule has 0 aliphatic carbocycles. The molecule has 1 aromatic rings. The Kier molecular flexibility index (Phi) is 6.32. The lowest BCUT2D eigenvalue weighted by molar-refractivity contribution is 0.00578. The second-order valence-electron chi connectivity index (χ2n) is 8.83. The van der Waals surface area contributed by atoms with E-state index in [1.54, 1.807) is 37.8 Å². The van der Waals surface area contributed by atoms with Gasteiger partial charge in [0.25, 0.3) is 0 Å². The molecule has 1 aliphatic heterocycles. The molecule has 0 saturated carbocycles. The number of hydrogen-bond donors (Lipinski definition) is 1. The number of hydrogen-bond acceptors (Lipinski definition) is 6. The topological polar surface area (TPSA) is 123 Å². The minimum Gasteiger partial charge on any atom is -0.444 e. The molecule has 11 heteroatoms. The summed E-state index contributed by atoms with van der Waals surface area (Å²) >= 11 is 0. The molecule has 0 radical (unpaired) electrons. The molecule has 1 fully saturated rings. The quantitative estimate of drug-likeness (QED) is 0.345. The number of amides is 1. The summed E-state index contributed by atoms with van der Waals surface area (Å²) < 4.78 is 18.8. The molecule has 28 heavy (non-hydrogen) atoms. The second-order valence-corrected chi connectivity index (χ2v) is 8.83. The van der Waals surface area contributed by atoms with Gasteiger partial charge in [-0.25, -0.2) is 4.79 Å². The van der Waals surface area contributed by atoms with Crippen molar-refractivity contribution in [2.24, 2.45) is 5.11 Å². The van der Waals surface area contributed by atoms with Gasteiger partial charge in [-0.2, -0.15) is 5.10 Å². The van der Waals surface area contributed by atoms with Crippen LogP contribution in [0.15, 0.2) is 17.5 Å². The van der Waals surface area contributed by atoms with Crippen molar-refractivity contribution in [3.63, 3.8) is 0 Å². The molecule has 1 unspecified atom stereocenters. The number of aromatic nitrogens is 2. The normalized spacial score (nSPS) is 19.0. The van der Waals surface area contributed by atoms with Gasteiger partial charge in [-0.1, -0.05) is 5.11 Å². The molecule has 1 atom stereocenters. The van der Waals surface area contributed by atoms with E-state index in [-0.39, 0.29) is 6.54 Å². The van der Waals surface area contributed by atoms with Gasteiger partial charge in [0, 0.05) is 29.3 Å². The number of azide groups is 1. The van der Waals surface area contributed by atoms with Crippen LogP contribution in [-0.4, -0.2) is 52.4 Å². The molecule has 1 saturated heterocycles. The first kappa shape index (κ1) is 22.1. The van der Waals surface area contributed by atoms with E-state index in [0.29, 0.717) is 6.54 Å². The highest BCUT2D eigenvalue weighted by atomic mass is 16.7. The molecule has 1 aliphatic rings. The number of rotatable bonds is 6. The smallest absolute Gasteiger partial charge is 0.444 e. The molecule has 1 N–H and O–H groups in total. The SMILES string of the molecule is CC(C)(C)OC(=O)NCC(Cn1cc(B2OC(C)(C)C(C)(C)O2)cn1)N=[N+]=[N-]. The van der Waals surface area contributed by atoms with Crippen LogP contribution in [0.5, 0.6) is 0 Å². The summed E-state index contributed by atoms with van der Waals surface area (Å²) in [6.07, 6.45) is 2.88. The standard InChI is InChI=1S/C17H29BN6O4/c1-15(2,3)26-14(25)20-9-13(22-23-19)11-24-10-12(8-21-24)18-27-16(4,5)17(6,7)28-18/h8,10,13H,9,11H2,1-7H3,(H,20,25). The third-order valence-electron chi connectivity index (χ3n) is 4.67. The molecule has 0 bridgehead atoms. The molecule has 2 heterocycles. The Labute approximate surface area is 165 Å². The Bertz CT molecular complexity index is 735. The van der Waals surface area contributed by atoms with Crippen molar-refractivity contribution in [2.75, 3.05) is 6.54 Å². The van der Waals surface area contributed by atoms with E-state index in [2.05, 4.69) is 20.4 Å². The molecule has 2 rings (SSSR count). The average Bonchev–Trinajstić information content (AvgIpc) is 3.06. The van der Waals surface area contributed by atoms with Gasteiger partial charge >= 0.3 is 13.2 Å². The van der Waals surface area contributed by atoms with Gasteiger partial charge in [0.2, 0.25) is 0 Å². The minimum absolute atomic E-state index is 0.130. The Morgan fingerprint density at radius 2 is 2.00 bits per heavy atom. The molecule has 0 spiro atoms. The van der Waals surface area contributed by atoms with E-state index in [1.807, 2.05) is 27.7 Å². The Hall–Kier alpha value is -2.23. The number of alkyl carbamates (subject to hydrolysis) is 1. The van der Waals surface area contributed by atoms with E-state index in [0.717, 1.165) is 5.46 Å². The van der Waals surface area contributed by atoms with Gasteiger partial charge in [-0.15, -0.1) is 0 Å². The summed E-state index contributed by atoms with van der Waals surface area (Å²) in [7, 11) is -0.517. The van der Waals surface area contributed by atoms with Crippen molar-refractivity contribution < 1.29 is 18.8 Å². The van der Waals surface area contributed by atoms with Gasteiger partial charge < -0.3 is 19.4 Å². The molecule has 1 amide bonds. The zero-order chi connectivity index (χ0) is 21.2. The summed E-state index contributed by atoms with van der Waals surface area (Å²) in [5, 5.41) is 10.6. The third-order valence-corrected chi connectivity index (χ3v) is 4.67. The zero-order valence-electron chi connectivity index (χ0n) is 17.6. The first-order chi connectivity index (χ1) is 12.8. The molecular weight excluding hydrogens is 363 g/mol. The highest BCUT2D eigenvalue weighted by molar-refractivity contribution is 6.61. The van der Waals surface area contributed by atoms with Crippen LogP contribution in [0.1, 0.15) is 48.5 Å². The van der Waals surface area contributed by atoms with E-state index < -0.39 is 36.1 Å². The van der Waals surface area contributed by atoms with E-state index in [4.69, 9.17) is 19.6 Å². The van der Waals surface area contributed by atoms with Crippen molar-refractivity contribution >= 4 is 18.7 Å². The third kappa shape index (κ3) is 5.64. The highest BCUT2D eigenvalue weighted by Gasteiger charge is 2.52. The monoisotopic (exact) mass is 392 g/mol. The summed E-state index contributed by atoms with van der Waals surface area (Å²) in [6, 6.07) is -0.524. The van der Waals surface area contributed by atoms with Crippen LogP contribution in [0, 0.1) is 0 Å². The number of nitrogens with zero attached hydrogens (tertiary/aromatic N) is 5. The predicted octanol–water partition coefficient (Wildman–Crippen LogP) is 2.39. The van der Waals surface area contributed by atoms with Gasteiger partial charge in [0.05, 0.1) is 23.8 Å². The fourth-order valence-electron chi connectivity index (χ4n) is 2.53. The maximum atomic E-state index is 11.8. The van der Waals surface area contributed by atoms with E-state index >= 15 is 0 Å². The van der Waals surface area contributed by atoms with Crippen molar-refractivity contribution in [2.45, 2.75) is 77.9 Å². The largest absolute Gasteiger partial charge is 0.498 e. The first-order valence-corrected chi connectivity index (χ1v) is 9.22. The maximum absolute atomic E-state index is 11.8. The number of nitrogens with one attached hydrogen (secondary N) is 1. The van der Waals surface area contributed by atoms with Crippen LogP contribution < -0.4 is 10.8 Å². The van der Waals surface area contributed by atoms with Crippen LogP contribution in [0.2, 0.25) is 0 Å². The molecule has 10 nitrogen and oxygen atoms in total. The van der Waals surface area contributed by atoms with Crippen LogP contribution in [0.3, 0.4) is 0 Å². The first-order valence-electron chi connectivity index (χ1n) is 9.22. The zero-order valence-corrected chi connectivity index (χ0v) is 17.6. The fourth-order valence-corrected chi connectivity index (χ4v) is 2.53. The van der Waals surface area contributed by atoms with Crippen LogP contribution in [-0.2, 0) is 20.6 Å². The van der Waals surface area contributed by atoms with E-state index in [1.165, 1.54) is 0 Å². The average molecular weight is 392 g/mol. The Balaban J connectivity index is 1.98. The van der Waals surface area contributed by atoms with Crippen molar-refractivity contribution in [1.82, 2.24) is 15.1 Å². The number of carbonyl (C=O) groups excluding carboxylic acids is 1. The number of carbonyl (C=O) groups is 1. The Morgan fingerprint density at radius 3 is 2.54 bits per heavy atom. The van der Waals surface area contributed by atoms with Gasteiger partial charge in [0.15, 0.2) is 0 Å². The number of ether oxygens (including phenoxy) is 1. The molecular formula is C17H29BN6O4. The lowest BCUT2D eigenvalue weighted by atomic mass is 9.82. The molecule has 0 aromatic carbocycles. The van der Waals surface area contributed by atoms with Crippen LogP contribution in [0.4, 0.5) is 4.79 Å². The van der Waals surface area contributed by atoms with Crippen LogP contribution >= 0.6 is 0 Å². The molecule has 154 valence electrons. The van der Waals surface area contributed by atoms with Gasteiger partial charge in [-0.05, 0) is 54.0 Å².